The minimum Gasteiger partial charge on any atom is -0.511 e. The van der Waals surface area contributed by atoms with Crippen LogP contribution in [0.4, 0.5) is 5.69 Å². The minimum absolute atomic E-state index is 0.0969. The van der Waals surface area contributed by atoms with Crippen molar-refractivity contribution in [1.82, 2.24) is 3.89 Å². The van der Waals surface area contributed by atoms with E-state index in [9.17, 15) is 23.5 Å². The van der Waals surface area contributed by atoms with Crippen LogP contribution in [0.2, 0.25) is 0 Å². The first-order chi connectivity index (χ1) is 11.6. The fourth-order valence-electron chi connectivity index (χ4n) is 3.16. The number of nitrogens with zero attached hydrogens (tertiary/aromatic N) is 1. The highest BCUT2D eigenvalue weighted by molar-refractivity contribution is 7.78. The van der Waals surface area contributed by atoms with Gasteiger partial charge < -0.3 is 5.11 Å². The van der Waals surface area contributed by atoms with Gasteiger partial charge in [-0.1, -0.05) is 19.1 Å². The van der Waals surface area contributed by atoms with Gasteiger partial charge in [0.25, 0.3) is 0 Å². The average molecular weight is 366 g/mol. The van der Waals surface area contributed by atoms with Gasteiger partial charge in [-0.15, -0.1) is 0 Å². The molecule has 2 rings (SSSR count). The number of aryl methyl sites for hydroxylation is 1. The van der Waals surface area contributed by atoms with Crippen LogP contribution in [-0.4, -0.2) is 39.5 Å². The summed E-state index contributed by atoms with van der Waals surface area (Å²) < 4.78 is 21.0. The smallest absolute Gasteiger partial charge is 0.363 e. The van der Waals surface area contributed by atoms with Crippen LogP contribution in [0.25, 0.3) is 0 Å². The van der Waals surface area contributed by atoms with Gasteiger partial charge in [-0.05, 0) is 18.9 Å². The van der Waals surface area contributed by atoms with Crippen molar-refractivity contribution in [2.24, 2.45) is 0 Å². The number of hydrogen-bond acceptors (Lipinski definition) is 4. The quantitative estimate of drug-likeness (QED) is 0.475. The molecule has 0 radical (unpaired) electrons. The number of aliphatic hydroxyl groups excluding tert-OH is 1. The van der Waals surface area contributed by atoms with E-state index in [4.69, 9.17) is 0 Å². The Morgan fingerprint density at radius 2 is 2.00 bits per heavy atom. The van der Waals surface area contributed by atoms with E-state index >= 15 is 0 Å². The van der Waals surface area contributed by atoms with Crippen LogP contribution in [0.3, 0.4) is 0 Å². The van der Waals surface area contributed by atoms with Gasteiger partial charge in [0.1, 0.15) is 5.76 Å². The Bertz CT molecular complexity index is 782. The van der Waals surface area contributed by atoms with E-state index in [1.165, 1.54) is 0 Å². The fourth-order valence-corrected chi connectivity index (χ4v) is 3.53. The normalized spacial score (nSPS) is 19.9. The molecule has 1 aliphatic rings. The van der Waals surface area contributed by atoms with Crippen molar-refractivity contribution < 1.29 is 23.5 Å². The molecule has 2 atom stereocenters. The van der Waals surface area contributed by atoms with Gasteiger partial charge in [0.2, 0.25) is 0 Å². The minimum atomic E-state index is -2.13. The van der Waals surface area contributed by atoms with Gasteiger partial charge in [0.15, 0.2) is 17.3 Å². The van der Waals surface area contributed by atoms with Crippen LogP contribution in [0.5, 0.6) is 0 Å². The lowest BCUT2D eigenvalue weighted by Gasteiger charge is -2.28. The number of hydrogen-bond donors (Lipinski definition) is 2. The number of rotatable bonds is 5. The lowest BCUT2D eigenvalue weighted by molar-refractivity contribution is -0.122. The molecule has 0 saturated heterocycles. The summed E-state index contributed by atoms with van der Waals surface area (Å²) in [6.07, 6.45) is 0.761. The van der Waals surface area contributed by atoms with Gasteiger partial charge in [-0.25, -0.2) is 0 Å². The summed E-state index contributed by atoms with van der Waals surface area (Å²) in [6, 6.07) is 5.42. The van der Waals surface area contributed by atoms with E-state index in [1.807, 2.05) is 19.1 Å². The maximum absolute atomic E-state index is 12.0. The van der Waals surface area contributed by atoms with Crippen molar-refractivity contribution in [2.45, 2.75) is 39.0 Å². The third kappa shape index (κ3) is 3.58. The summed E-state index contributed by atoms with van der Waals surface area (Å²) in [5.41, 5.74) is 2.12. The standard InChI is InChI=1S/C18H23NO5S/c1-5-15(20)17-16(21)9-8-13(18(17)22)12-7-6-11(2)14(10-12)19(3,4)25(23)24/h6-7,10,13H,5,8-9H2,1-4H3,(H-,20,21,22,23,24)/p+1. The largest absolute Gasteiger partial charge is 0.511 e. The number of quaternary nitrogens is 1. The van der Waals surface area contributed by atoms with Crippen molar-refractivity contribution in [3.8, 4) is 0 Å². The van der Waals surface area contributed by atoms with Crippen LogP contribution >= 0.6 is 0 Å². The van der Waals surface area contributed by atoms with Gasteiger partial charge in [-0.3, -0.25) is 14.1 Å². The first-order valence-corrected chi connectivity index (χ1v) is 9.23. The summed E-state index contributed by atoms with van der Waals surface area (Å²) in [5, 5.41) is 10.5. The van der Waals surface area contributed by atoms with Crippen molar-refractivity contribution in [2.75, 3.05) is 14.1 Å². The molecule has 136 valence electrons. The van der Waals surface area contributed by atoms with Crippen LogP contribution in [0.1, 0.15) is 43.2 Å². The van der Waals surface area contributed by atoms with Crippen molar-refractivity contribution in [3.63, 3.8) is 0 Å². The number of carbonyl (C=O) groups is 2. The lowest BCUT2D eigenvalue weighted by atomic mass is 9.81. The second-order valence-corrected chi connectivity index (χ2v) is 8.05. The predicted octanol–water partition coefficient (Wildman–Crippen LogP) is 2.94. The number of Topliss-reactive ketones (excluding diaryl/α,β-unsaturated/α-hetero) is 2. The van der Waals surface area contributed by atoms with Crippen molar-refractivity contribution >= 4 is 28.5 Å². The molecule has 2 N–H and O–H groups in total. The second kappa shape index (κ2) is 7.19. The molecular formula is C18H24NO5S+. The van der Waals surface area contributed by atoms with E-state index < -0.39 is 17.2 Å². The Morgan fingerprint density at radius 3 is 2.56 bits per heavy atom. The second-order valence-electron chi connectivity index (χ2n) is 6.68. The van der Waals surface area contributed by atoms with Crippen LogP contribution in [0.15, 0.2) is 29.5 Å². The molecule has 7 heteroatoms. The van der Waals surface area contributed by atoms with E-state index in [-0.39, 0.29) is 39.6 Å². The zero-order valence-electron chi connectivity index (χ0n) is 14.9. The third-order valence-corrected chi connectivity index (χ3v) is 5.71. The molecule has 1 aromatic carbocycles. The Balaban J connectivity index is 2.56. The molecule has 6 nitrogen and oxygen atoms in total. The average Bonchev–Trinajstić information content (AvgIpc) is 2.55. The van der Waals surface area contributed by atoms with Gasteiger partial charge in [0.05, 0.1) is 19.7 Å². The summed E-state index contributed by atoms with van der Waals surface area (Å²) in [6.45, 7) is 3.50. The summed E-state index contributed by atoms with van der Waals surface area (Å²) in [4.78, 5) is 24.1. The number of aliphatic hydroxyl groups is 1. The molecule has 0 aliphatic heterocycles. The Kier molecular flexibility index (Phi) is 5.61. The highest BCUT2D eigenvalue weighted by atomic mass is 32.2. The summed E-state index contributed by atoms with van der Waals surface area (Å²) in [7, 11) is 3.24. The van der Waals surface area contributed by atoms with Crippen LogP contribution < -0.4 is 3.89 Å². The van der Waals surface area contributed by atoms with E-state index in [0.717, 1.165) is 11.1 Å². The highest BCUT2D eigenvalue weighted by Gasteiger charge is 2.35. The number of carbonyl (C=O) groups excluding carboxylic acids is 2. The van der Waals surface area contributed by atoms with Crippen molar-refractivity contribution in [3.05, 3.63) is 40.7 Å². The molecule has 0 saturated carbocycles. The summed E-state index contributed by atoms with van der Waals surface area (Å²) >= 11 is -2.13. The molecule has 0 fully saturated rings. The zero-order valence-corrected chi connectivity index (χ0v) is 15.7. The van der Waals surface area contributed by atoms with E-state index in [0.29, 0.717) is 12.1 Å². The first-order valence-electron chi connectivity index (χ1n) is 8.17. The topological polar surface area (TPSA) is 91.7 Å². The van der Waals surface area contributed by atoms with Gasteiger partial charge >= 0.3 is 11.3 Å². The third-order valence-electron chi connectivity index (χ3n) is 4.73. The molecule has 0 aromatic heterocycles. The summed E-state index contributed by atoms with van der Waals surface area (Å²) in [5.74, 6) is -1.32. The number of ketones is 2. The van der Waals surface area contributed by atoms with E-state index in [1.54, 1.807) is 27.1 Å². The molecule has 2 unspecified atom stereocenters. The van der Waals surface area contributed by atoms with Gasteiger partial charge in [0, 0.05) is 30.4 Å². The first kappa shape index (κ1) is 19.5. The molecule has 0 heterocycles. The molecule has 0 bridgehead atoms. The van der Waals surface area contributed by atoms with Crippen LogP contribution in [-0.2, 0) is 20.9 Å². The Labute approximate surface area is 150 Å². The maximum atomic E-state index is 12.0. The van der Waals surface area contributed by atoms with Crippen LogP contribution in [0, 0.1) is 6.92 Å². The SMILES string of the molecule is CCC(=O)C1=C(O)C(c2ccc(C)c([N+](C)(C)S(=O)O)c2)CCC1=O. The predicted molar refractivity (Wildman–Crippen MR) is 97.5 cm³/mol. The van der Waals surface area contributed by atoms with Gasteiger partial charge in [-0.2, -0.15) is 8.10 Å². The molecule has 1 aromatic rings. The number of benzene rings is 1. The molecule has 0 spiro atoms. The molecule has 25 heavy (non-hydrogen) atoms. The van der Waals surface area contributed by atoms with E-state index in [2.05, 4.69) is 0 Å². The number of allylic oxidation sites excluding steroid dienone is 2. The molecule has 1 aliphatic carbocycles. The molecular weight excluding hydrogens is 342 g/mol. The highest BCUT2D eigenvalue weighted by Crippen LogP contribution is 2.38. The monoisotopic (exact) mass is 366 g/mol. The lowest BCUT2D eigenvalue weighted by Crippen LogP contribution is -2.42. The fraction of sp³-hybridized carbons (Fsp3) is 0.444. The Hall–Kier alpha value is -1.83. The maximum Gasteiger partial charge on any atom is 0.363 e. The zero-order chi connectivity index (χ0) is 18.9. The molecule has 0 amide bonds. The Morgan fingerprint density at radius 1 is 1.36 bits per heavy atom. The van der Waals surface area contributed by atoms with Crippen molar-refractivity contribution in [1.29, 1.82) is 0 Å².